The number of unbranched alkanes of at least 4 members (excludes halogenated alkanes) is 4. The summed E-state index contributed by atoms with van der Waals surface area (Å²) in [6.45, 7) is 2.27. The first-order valence-corrected chi connectivity index (χ1v) is 7.63. The van der Waals surface area contributed by atoms with E-state index in [-0.39, 0.29) is 20.3 Å². The third-order valence-corrected chi connectivity index (χ3v) is 3.58. The second-order valence-corrected chi connectivity index (χ2v) is 5.50. The van der Waals surface area contributed by atoms with Gasteiger partial charge in [0.25, 0.3) is 0 Å². The Balaban J connectivity index is 0. The maximum Gasteiger partial charge on any atom is 1.00 e. The van der Waals surface area contributed by atoms with Crippen LogP contribution in [0.2, 0.25) is 0 Å². The molecule has 0 saturated heterocycles. The first-order chi connectivity index (χ1) is 9.24. The molecule has 0 aliphatic rings. The average molecular weight is 267 g/mol. The van der Waals surface area contributed by atoms with E-state index in [1.54, 1.807) is 0 Å². The zero-order chi connectivity index (χ0) is 13.9. The van der Waals surface area contributed by atoms with Crippen molar-refractivity contribution in [2.75, 3.05) is 14.1 Å². The van der Waals surface area contributed by atoms with Crippen molar-refractivity contribution in [2.45, 2.75) is 51.5 Å². The summed E-state index contributed by atoms with van der Waals surface area (Å²) in [6, 6.07) is 11.1. The van der Waals surface area contributed by atoms with E-state index in [9.17, 15) is 0 Å². The van der Waals surface area contributed by atoms with Gasteiger partial charge in [-0.15, -0.1) is 0 Å². The Morgan fingerprint density at radius 1 is 1.05 bits per heavy atom. The van der Waals surface area contributed by atoms with Gasteiger partial charge in [0.15, 0.2) is 0 Å². The molecule has 0 bridgehead atoms. The molecule has 0 aromatic heterocycles. The van der Waals surface area contributed by atoms with Crippen molar-refractivity contribution in [1.29, 1.82) is 0 Å². The van der Waals surface area contributed by atoms with Crippen LogP contribution in [0, 0.1) is 0 Å². The van der Waals surface area contributed by atoms with Gasteiger partial charge in [-0.05, 0) is 26.1 Å². The van der Waals surface area contributed by atoms with Gasteiger partial charge in [-0.25, -0.2) is 0 Å². The van der Waals surface area contributed by atoms with Gasteiger partial charge < -0.3 is 6.33 Å². The number of benzene rings is 1. The van der Waals surface area contributed by atoms with Crippen LogP contribution in [0.3, 0.4) is 0 Å². The molecule has 0 heterocycles. The molecule has 1 unspecified atom stereocenters. The van der Waals surface area contributed by atoms with E-state index in [0.717, 1.165) is 0 Å². The van der Waals surface area contributed by atoms with Crippen molar-refractivity contribution in [1.82, 2.24) is 4.90 Å². The van der Waals surface area contributed by atoms with Gasteiger partial charge >= 0.3 is 18.9 Å². The van der Waals surface area contributed by atoms with Crippen LogP contribution in [0.5, 0.6) is 0 Å². The summed E-state index contributed by atoms with van der Waals surface area (Å²) < 4.78 is 0. The third kappa shape index (κ3) is 8.64. The predicted octanol–water partition coefficient (Wildman–Crippen LogP) is 2.11. The molecule has 1 aromatic rings. The molecule has 108 valence electrons. The minimum Gasteiger partial charge on any atom is -1.00 e. The van der Waals surface area contributed by atoms with Gasteiger partial charge in [-0.3, -0.25) is 0 Å². The summed E-state index contributed by atoms with van der Waals surface area (Å²) in [5.41, 5.74) is 1.29. The smallest absolute Gasteiger partial charge is 1.00 e. The Morgan fingerprint density at radius 2 is 1.70 bits per heavy atom. The van der Waals surface area contributed by atoms with E-state index in [2.05, 4.69) is 68.4 Å². The standard InChI is InChI=1S/C18H29N.Li.H/c1-4-5-6-7-11-14-18(19(2)3)16-15-17-12-9-8-10-13-17;;/h8-10,12-13,15-16,18H,4-7,11,14H2,1-3H3;;/q;+1;-1. The minimum absolute atomic E-state index is 0. The molecule has 0 radical (unpaired) electrons. The molecule has 0 N–H and O–H groups in total. The van der Waals surface area contributed by atoms with Crippen molar-refractivity contribution < 1.29 is 20.3 Å². The molecule has 0 fully saturated rings. The quantitative estimate of drug-likeness (QED) is 0.489. The number of rotatable bonds is 9. The fourth-order valence-electron chi connectivity index (χ4n) is 2.27. The van der Waals surface area contributed by atoms with Crippen molar-refractivity contribution in [3.8, 4) is 0 Å². The van der Waals surface area contributed by atoms with E-state index in [1.807, 2.05) is 0 Å². The Hall–Kier alpha value is -0.483. The summed E-state index contributed by atoms with van der Waals surface area (Å²) in [7, 11) is 4.35. The molecule has 20 heavy (non-hydrogen) atoms. The van der Waals surface area contributed by atoms with E-state index in [4.69, 9.17) is 0 Å². The summed E-state index contributed by atoms with van der Waals surface area (Å²) in [6.07, 6.45) is 12.7. The Labute approximate surface area is 139 Å². The molecule has 0 spiro atoms. The minimum atomic E-state index is 0. The monoisotopic (exact) mass is 267 g/mol. The maximum atomic E-state index is 2.34. The van der Waals surface area contributed by atoms with E-state index < -0.39 is 0 Å². The Morgan fingerprint density at radius 3 is 2.30 bits per heavy atom. The van der Waals surface area contributed by atoms with Crippen LogP contribution in [0.4, 0.5) is 0 Å². The molecule has 0 aliphatic carbocycles. The molecule has 0 saturated carbocycles. The molecule has 1 nitrogen and oxygen atoms in total. The Bertz CT molecular complexity index is 351. The van der Waals surface area contributed by atoms with Gasteiger partial charge in [-0.2, -0.15) is 0 Å². The summed E-state index contributed by atoms with van der Waals surface area (Å²) in [4.78, 5) is 2.32. The number of hydrogen-bond donors (Lipinski definition) is 0. The Kier molecular flexibility index (Phi) is 12.0. The van der Waals surface area contributed by atoms with Gasteiger partial charge in [0, 0.05) is 6.04 Å². The number of hydrogen-bond acceptors (Lipinski definition) is 1. The molecule has 1 aromatic carbocycles. The molecule has 2 heteroatoms. The third-order valence-electron chi connectivity index (χ3n) is 3.58. The topological polar surface area (TPSA) is 3.24 Å². The van der Waals surface area contributed by atoms with Crippen LogP contribution in [0.15, 0.2) is 36.4 Å². The number of nitrogens with zero attached hydrogens (tertiary/aromatic N) is 1. The molecule has 0 aliphatic heterocycles. The van der Waals surface area contributed by atoms with Gasteiger partial charge in [0.05, 0.1) is 0 Å². The first kappa shape index (κ1) is 19.5. The first-order valence-electron chi connectivity index (χ1n) is 7.63. The molecule has 1 rings (SSSR count). The molecule has 1 atom stereocenters. The van der Waals surface area contributed by atoms with Crippen LogP contribution in [-0.4, -0.2) is 25.0 Å². The van der Waals surface area contributed by atoms with E-state index in [0.29, 0.717) is 6.04 Å². The molecular weight excluding hydrogens is 237 g/mol. The van der Waals surface area contributed by atoms with Crippen molar-refractivity contribution in [3.05, 3.63) is 42.0 Å². The fraction of sp³-hybridized carbons (Fsp3) is 0.556. The molecular formula is C18H30LiN. The van der Waals surface area contributed by atoms with Crippen LogP contribution in [0.25, 0.3) is 6.08 Å². The second-order valence-electron chi connectivity index (χ2n) is 5.50. The van der Waals surface area contributed by atoms with Gasteiger partial charge in [0.2, 0.25) is 0 Å². The zero-order valence-corrected chi connectivity index (χ0v) is 13.8. The molecule has 0 amide bonds. The maximum absolute atomic E-state index is 2.34. The zero-order valence-electron chi connectivity index (χ0n) is 14.8. The van der Waals surface area contributed by atoms with E-state index >= 15 is 0 Å². The van der Waals surface area contributed by atoms with Crippen molar-refractivity contribution in [3.63, 3.8) is 0 Å². The number of likely N-dealkylation sites (N-methyl/N-ethyl adjacent to an activating group) is 1. The van der Waals surface area contributed by atoms with Crippen LogP contribution in [-0.2, 0) is 0 Å². The summed E-state index contributed by atoms with van der Waals surface area (Å²) >= 11 is 0. The largest absolute Gasteiger partial charge is 1.00 e. The van der Waals surface area contributed by atoms with Gasteiger partial charge in [-0.1, -0.05) is 81.5 Å². The predicted molar refractivity (Wildman–Crippen MR) is 87.4 cm³/mol. The summed E-state index contributed by atoms with van der Waals surface area (Å²) in [5.74, 6) is 0. The van der Waals surface area contributed by atoms with E-state index in [1.165, 1.54) is 44.1 Å². The van der Waals surface area contributed by atoms with Crippen LogP contribution >= 0.6 is 0 Å². The van der Waals surface area contributed by atoms with Crippen LogP contribution < -0.4 is 18.9 Å². The SMILES string of the molecule is CCCCCCCC(C=Cc1ccccc1)N(C)C.[H-].[Li+]. The van der Waals surface area contributed by atoms with Gasteiger partial charge in [0.1, 0.15) is 0 Å². The average Bonchev–Trinajstić information content (AvgIpc) is 2.42. The normalized spacial score (nSPS) is 12.6. The van der Waals surface area contributed by atoms with Crippen LogP contribution in [0.1, 0.15) is 52.4 Å². The van der Waals surface area contributed by atoms with Crippen molar-refractivity contribution in [2.24, 2.45) is 0 Å². The van der Waals surface area contributed by atoms with Crippen molar-refractivity contribution >= 4 is 6.08 Å². The summed E-state index contributed by atoms with van der Waals surface area (Å²) in [5, 5.41) is 0. The second kappa shape index (κ2) is 12.3. The fourth-order valence-corrected chi connectivity index (χ4v) is 2.27.